The third-order valence-corrected chi connectivity index (χ3v) is 6.48. The molecule has 2 unspecified atom stereocenters. The van der Waals surface area contributed by atoms with E-state index in [2.05, 4.69) is 26.0 Å². The van der Waals surface area contributed by atoms with Crippen molar-refractivity contribution in [2.75, 3.05) is 30.9 Å². The highest BCUT2D eigenvalue weighted by atomic mass is 16.5. The number of amides is 1. The van der Waals surface area contributed by atoms with Crippen molar-refractivity contribution in [1.82, 2.24) is 24.5 Å². The summed E-state index contributed by atoms with van der Waals surface area (Å²) >= 11 is 0. The second-order valence-corrected chi connectivity index (χ2v) is 8.84. The quantitative estimate of drug-likeness (QED) is 0.430. The zero-order valence-corrected chi connectivity index (χ0v) is 19.0. The number of hydrogen-bond donors (Lipinski definition) is 4. The first-order valence-electron chi connectivity index (χ1n) is 11.6. The van der Waals surface area contributed by atoms with E-state index in [0.717, 1.165) is 25.9 Å². The smallest absolute Gasteiger partial charge is 0.274 e. The van der Waals surface area contributed by atoms with Gasteiger partial charge in [-0.15, -0.1) is 0 Å². The molecule has 1 saturated heterocycles. The number of anilines is 3. The molecule has 4 N–H and O–H groups in total. The average molecular weight is 468 g/mol. The van der Waals surface area contributed by atoms with Crippen LogP contribution in [0.1, 0.15) is 48.5 Å². The Morgan fingerprint density at radius 1 is 1.29 bits per heavy atom. The van der Waals surface area contributed by atoms with Crippen molar-refractivity contribution in [2.45, 2.75) is 50.3 Å². The van der Waals surface area contributed by atoms with Gasteiger partial charge in [-0.2, -0.15) is 9.61 Å². The van der Waals surface area contributed by atoms with E-state index < -0.39 is 0 Å². The van der Waals surface area contributed by atoms with Crippen molar-refractivity contribution in [3.05, 3.63) is 46.5 Å². The summed E-state index contributed by atoms with van der Waals surface area (Å²) in [7, 11) is 1.75. The fourth-order valence-electron chi connectivity index (χ4n) is 4.69. The molecule has 0 spiro atoms. The van der Waals surface area contributed by atoms with Gasteiger partial charge < -0.3 is 30.4 Å². The molecule has 2 aliphatic rings. The minimum absolute atomic E-state index is 0.00513. The second-order valence-electron chi connectivity index (χ2n) is 8.84. The SMILES string of the molecule is CNc1cc(Nc2cccn([C@@H]3CCCOC3)c2=O)nc2c(C(=O)NC3CCC(O)C3)cnn12. The summed E-state index contributed by atoms with van der Waals surface area (Å²) in [5.41, 5.74) is 0.920. The van der Waals surface area contributed by atoms with Gasteiger partial charge in [0.25, 0.3) is 11.5 Å². The van der Waals surface area contributed by atoms with E-state index in [0.29, 0.717) is 48.0 Å². The first-order valence-corrected chi connectivity index (χ1v) is 11.6. The predicted molar refractivity (Wildman–Crippen MR) is 127 cm³/mol. The molecule has 1 amide bonds. The minimum Gasteiger partial charge on any atom is -0.393 e. The first-order chi connectivity index (χ1) is 16.5. The topological polar surface area (TPSA) is 135 Å². The number of aliphatic hydroxyl groups excluding tert-OH is 1. The Balaban J connectivity index is 1.44. The molecule has 0 radical (unpaired) electrons. The molecule has 34 heavy (non-hydrogen) atoms. The highest BCUT2D eigenvalue weighted by Crippen LogP contribution is 2.23. The van der Waals surface area contributed by atoms with Gasteiger partial charge in [0.05, 0.1) is 24.9 Å². The van der Waals surface area contributed by atoms with Crippen LogP contribution in [0, 0.1) is 0 Å². The highest BCUT2D eigenvalue weighted by molar-refractivity contribution is 6.00. The lowest BCUT2D eigenvalue weighted by Crippen LogP contribution is -2.33. The van der Waals surface area contributed by atoms with Crippen LogP contribution in [0.5, 0.6) is 0 Å². The summed E-state index contributed by atoms with van der Waals surface area (Å²) in [6, 6.07) is 5.20. The van der Waals surface area contributed by atoms with E-state index in [4.69, 9.17) is 4.74 Å². The van der Waals surface area contributed by atoms with E-state index in [1.165, 1.54) is 6.20 Å². The third kappa shape index (κ3) is 4.36. The largest absolute Gasteiger partial charge is 0.393 e. The lowest BCUT2D eigenvalue weighted by molar-refractivity contribution is 0.0581. The van der Waals surface area contributed by atoms with Gasteiger partial charge in [0.2, 0.25) is 0 Å². The van der Waals surface area contributed by atoms with Crippen LogP contribution >= 0.6 is 0 Å². The highest BCUT2D eigenvalue weighted by Gasteiger charge is 2.26. The molecule has 5 rings (SSSR count). The van der Waals surface area contributed by atoms with Gasteiger partial charge in [0.15, 0.2) is 5.65 Å². The number of aliphatic hydroxyl groups is 1. The molecule has 1 saturated carbocycles. The molecule has 0 bridgehead atoms. The zero-order valence-electron chi connectivity index (χ0n) is 19.0. The number of aromatic nitrogens is 4. The van der Waals surface area contributed by atoms with Crippen LogP contribution in [-0.2, 0) is 4.74 Å². The molecule has 3 aromatic rings. The number of rotatable bonds is 6. The lowest BCUT2D eigenvalue weighted by atomic mass is 10.1. The van der Waals surface area contributed by atoms with Crippen molar-refractivity contribution in [3.8, 4) is 0 Å². The molecule has 1 aliphatic carbocycles. The third-order valence-electron chi connectivity index (χ3n) is 6.48. The van der Waals surface area contributed by atoms with E-state index >= 15 is 0 Å². The summed E-state index contributed by atoms with van der Waals surface area (Å²) in [6.45, 7) is 1.24. The molecule has 3 aromatic heterocycles. The molecule has 1 aliphatic heterocycles. The summed E-state index contributed by atoms with van der Waals surface area (Å²) in [4.78, 5) is 30.7. The van der Waals surface area contributed by atoms with E-state index in [1.807, 2.05) is 6.07 Å². The lowest BCUT2D eigenvalue weighted by Gasteiger charge is -2.24. The molecule has 180 valence electrons. The molecule has 4 heterocycles. The molecule has 0 aromatic carbocycles. The van der Waals surface area contributed by atoms with Crippen LogP contribution in [0.15, 0.2) is 35.4 Å². The number of nitrogens with one attached hydrogen (secondary N) is 3. The van der Waals surface area contributed by atoms with Gasteiger partial charge >= 0.3 is 0 Å². The Bertz CT molecular complexity index is 1250. The number of ether oxygens (including phenoxy) is 1. The number of hydrogen-bond acceptors (Lipinski definition) is 8. The van der Waals surface area contributed by atoms with Crippen LogP contribution in [0.4, 0.5) is 17.3 Å². The average Bonchev–Trinajstić information content (AvgIpc) is 3.46. The maximum Gasteiger partial charge on any atom is 0.274 e. The number of fused-ring (bicyclic) bond motifs is 1. The number of pyridine rings is 1. The van der Waals surface area contributed by atoms with Crippen LogP contribution in [-0.4, -0.2) is 62.6 Å². The normalized spacial score (nSPS) is 22.6. The molecule has 3 atom stereocenters. The zero-order chi connectivity index (χ0) is 23.7. The summed E-state index contributed by atoms with van der Waals surface area (Å²) in [5, 5.41) is 23.2. The van der Waals surface area contributed by atoms with Crippen molar-refractivity contribution in [2.24, 2.45) is 0 Å². The number of nitrogens with zero attached hydrogens (tertiary/aromatic N) is 4. The first kappa shape index (κ1) is 22.4. The summed E-state index contributed by atoms with van der Waals surface area (Å²) < 4.78 is 8.79. The van der Waals surface area contributed by atoms with Crippen LogP contribution in [0.2, 0.25) is 0 Å². The van der Waals surface area contributed by atoms with Gasteiger partial charge in [0, 0.05) is 32.0 Å². The van der Waals surface area contributed by atoms with Crippen molar-refractivity contribution < 1.29 is 14.6 Å². The van der Waals surface area contributed by atoms with Crippen molar-refractivity contribution in [3.63, 3.8) is 0 Å². The van der Waals surface area contributed by atoms with Gasteiger partial charge in [0.1, 0.15) is 22.9 Å². The predicted octanol–water partition coefficient (Wildman–Crippen LogP) is 1.67. The monoisotopic (exact) mass is 467 g/mol. The minimum atomic E-state index is -0.380. The maximum absolute atomic E-state index is 13.1. The Morgan fingerprint density at radius 2 is 2.18 bits per heavy atom. The van der Waals surface area contributed by atoms with E-state index in [1.54, 1.807) is 34.5 Å². The number of carbonyl (C=O) groups is 1. The molecule has 11 nitrogen and oxygen atoms in total. The van der Waals surface area contributed by atoms with Gasteiger partial charge in [-0.1, -0.05) is 0 Å². The summed E-state index contributed by atoms with van der Waals surface area (Å²) in [5.74, 6) is 0.734. The Kier molecular flexibility index (Phi) is 6.20. The van der Waals surface area contributed by atoms with E-state index in [-0.39, 0.29) is 29.7 Å². The molecular formula is C23H29N7O4. The van der Waals surface area contributed by atoms with Crippen LogP contribution in [0.3, 0.4) is 0 Å². The Hall–Kier alpha value is -3.44. The fourth-order valence-corrected chi connectivity index (χ4v) is 4.69. The Labute approximate surface area is 196 Å². The van der Waals surface area contributed by atoms with Crippen LogP contribution in [0.25, 0.3) is 5.65 Å². The summed E-state index contributed by atoms with van der Waals surface area (Å²) in [6.07, 6.45) is 6.65. The van der Waals surface area contributed by atoms with E-state index in [9.17, 15) is 14.7 Å². The standard InChI is InChI=1S/C23H29N7O4/c1-24-20-11-19(27-18-5-2-8-29(23(18)33)15-4-3-9-34-13-15)28-21-17(12-25-30(20)21)22(32)26-14-6-7-16(31)10-14/h2,5,8,11-12,14-16,24,31H,3-4,6-7,9-10,13H2,1H3,(H,26,32)(H,27,28)/t14?,15-,16?/m1/s1. The second kappa shape index (κ2) is 9.43. The number of carbonyl (C=O) groups excluding carboxylic acids is 1. The molecular weight excluding hydrogens is 438 g/mol. The fraction of sp³-hybridized carbons (Fsp3) is 0.478. The van der Waals surface area contributed by atoms with Crippen molar-refractivity contribution >= 4 is 28.9 Å². The van der Waals surface area contributed by atoms with Gasteiger partial charge in [-0.3, -0.25) is 9.59 Å². The molecule has 2 fully saturated rings. The Morgan fingerprint density at radius 3 is 2.91 bits per heavy atom. The van der Waals surface area contributed by atoms with Crippen molar-refractivity contribution in [1.29, 1.82) is 0 Å². The maximum atomic E-state index is 13.1. The van der Waals surface area contributed by atoms with Crippen LogP contribution < -0.4 is 21.5 Å². The van der Waals surface area contributed by atoms with Gasteiger partial charge in [-0.05, 0) is 44.2 Å². The van der Waals surface area contributed by atoms with Gasteiger partial charge in [-0.25, -0.2) is 4.98 Å². The molecule has 11 heteroatoms.